The Hall–Kier alpha value is -3.61. The van der Waals surface area contributed by atoms with Crippen LogP contribution in [0.4, 0.5) is 0 Å². The van der Waals surface area contributed by atoms with Crippen LogP contribution in [0.2, 0.25) is 0 Å². The molecule has 0 saturated carbocycles. The Bertz CT molecular complexity index is 1090. The third-order valence-corrected chi connectivity index (χ3v) is 5.05. The fraction of sp³-hybridized carbons (Fsp3) is 0.292. The van der Waals surface area contributed by atoms with Crippen molar-refractivity contribution in [1.82, 2.24) is 10.4 Å². The molecule has 0 radical (unpaired) electrons. The van der Waals surface area contributed by atoms with Gasteiger partial charge in [0.25, 0.3) is 5.91 Å². The number of nitrogens with zero attached hydrogens (tertiary/aromatic N) is 2. The molecule has 3 rings (SSSR count). The molecule has 0 fully saturated rings. The lowest BCUT2D eigenvalue weighted by Gasteiger charge is -2.15. The molecule has 1 heterocycles. The first-order valence-electron chi connectivity index (χ1n) is 10.1. The van der Waals surface area contributed by atoms with Crippen molar-refractivity contribution < 1.29 is 19.0 Å². The normalized spacial score (nSPS) is 10.5. The van der Waals surface area contributed by atoms with E-state index in [0.717, 1.165) is 29.5 Å². The Morgan fingerprint density at radius 1 is 0.968 bits per heavy atom. The number of para-hydroxylation sites is 1. The van der Waals surface area contributed by atoms with Crippen LogP contribution in [0.1, 0.15) is 37.0 Å². The SMILES string of the molecule is CCC(CC)=NNC(=O)c1cc(-c2cc(OC)c(OC)c(OC)c2)nc2ccccc12. The zero-order valence-corrected chi connectivity index (χ0v) is 18.5. The van der Waals surface area contributed by atoms with Gasteiger partial charge in [0.2, 0.25) is 5.75 Å². The highest BCUT2D eigenvalue weighted by atomic mass is 16.5. The van der Waals surface area contributed by atoms with Gasteiger partial charge in [-0.2, -0.15) is 5.10 Å². The van der Waals surface area contributed by atoms with E-state index in [2.05, 4.69) is 10.5 Å². The molecule has 2 aromatic carbocycles. The summed E-state index contributed by atoms with van der Waals surface area (Å²) in [7, 11) is 4.67. The fourth-order valence-electron chi connectivity index (χ4n) is 3.34. The Kier molecular flexibility index (Phi) is 7.07. The highest BCUT2D eigenvalue weighted by Crippen LogP contribution is 2.41. The highest BCUT2D eigenvalue weighted by Gasteiger charge is 2.18. The third kappa shape index (κ3) is 4.60. The van der Waals surface area contributed by atoms with Gasteiger partial charge in [0.1, 0.15) is 0 Å². The lowest BCUT2D eigenvalue weighted by molar-refractivity contribution is 0.0956. The van der Waals surface area contributed by atoms with E-state index >= 15 is 0 Å². The van der Waals surface area contributed by atoms with Crippen LogP contribution in [-0.2, 0) is 0 Å². The minimum absolute atomic E-state index is 0.285. The number of hydrogen-bond donors (Lipinski definition) is 1. The van der Waals surface area contributed by atoms with Crippen molar-refractivity contribution in [3.8, 4) is 28.5 Å². The molecule has 7 nitrogen and oxygen atoms in total. The monoisotopic (exact) mass is 421 g/mol. The summed E-state index contributed by atoms with van der Waals surface area (Å²) in [6.45, 7) is 4.03. The Morgan fingerprint density at radius 3 is 2.19 bits per heavy atom. The molecular weight excluding hydrogens is 394 g/mol. The lowest BCUT2D eigenvalue weighted by Crippen LogP contribution is -2.20. The van der Waals surface area contributed by atoms with E-state index in [1.54, 1.807) is 27.4 Å². The number of rotatable bonds is 8. The van der Waals surface area contributed by atoms with Gasteiger partial charge < -0.3 is 14.2 Å². The molecule has 0 bridgehead atoms. The maximum Gasteiger partial charge on any atom is 0.272 e. The van der Waals surface area contributed by atoms with Crippen molar-refractivity contribution in [3.63, 3.8) is 0 Å². The summed E-state index contributed by atoms with van der Waals surface area (Å²) in [5.74, 6) is 1.23. The first-order chi connectivity index (χ1) is 15.1. The summed E-state index contributed by atoms with van der Waals surface area (Å²) < 4.78 is 16.3. The Morgan fingerprint density at radius 2 is 1.61 bits per heavy atom. The number of aromatic nitrogens is 1. The zero-order valence-electron chi connectivity index (χ0n) is 18.5. The van der Waals surface area contributed by atoms with E-state index in [9.17, 15) is 4.79 Å². The largest absolute Gasteiger partial charge is 0.493 e. The molecule has 1 aromatic heterocycles. The molecule has 0 aliphatic rings. The van der Waals surface area contributed by atoms with Crippen LogP contribution in [0, 0.1) is 0 Å². The summed E-state index contributed by atoms with van der Waals surface area (Å²) in [6.07, 6.45) is 1.56. The number of benzene rings is 2. The first-order valence-corrected chi connectivity index (χ1v) is 10.1. The maximum absolute atomic E-state index is 13.0. The number of ether oxygens (including phenoxy) is 3. The summed E-state index contributed by atoms with van der Waals surface area (Å²) >= 11 is 0. The van der Waals surface area contributed by atoms with Gasteiger partial charge in [-0.3, -0.25) is 4.79 Å². The van der Waals surface area contributed by atoms with E-state index in [0.29, 0.717) is 34.0 Å². The Labute approximate surface area is 182 Å². The minimum atomic E-state index is -0.285. The number of fused-ring (bicyclic) bond motifs is 1. The Balaban J connectivity index is 2.15. The van der Waals surface area contributed by atoms with Crippen molar-refractivity contribution in [2.24, 2.45) is 5.10 Å². The van der Waals surface area contributed by atoms with Crippen LogP contribution in [0.5, 0.6) is 17.2 Å². The molecule has 162 valence electrons. The minimum Gasteiger partial charge on any atom is -0.493 e. The van der Waals surface area contributed by atoms with Crippen LogP contribution < -0.4 is 19.6 Å². The zero-order chi connectivity index (χ0) is 22.4. The van der Waals surface area contributed by atoms with Crippen molar-refractivity contribution in [3.05, 3.63) is 48.0 Å². The number of methoxy groups -OCH3 is 3. The summed E-state index contributed by atoms with van der Waals surface area (Å²) in [5.41, 5.74) is 6.15. The van der Waals surface area contributed by atoms with Crippen molar-refractivity contribution >= 4 is 22.5 Å². The van der Waals surface area contributed by atoms with Crippen LogP contribution >= 0.6 is 0 Å². The summed E-state index contributed by atoms with van der Waals surface area (Å²) in [4.78, 5) is 17.8. The summed E-state index contributed by atoms with van der Waals surface area (Å²) in [5, 5.41) is 5.01. The molecular formula is C24H27N3O4. The van der Waals surface area contributed by atoms with Gasteiger partial charge >= 0.3 is 0 Å². The number of pyridine rings is 1. The van der Waals surface area contributed by atoms with Gasteiger partial charge in [-0.15, -0.1) is 0 Å². The third-order valence-electron chi connectivity index (χ3n) is 5.05. The van der Waals surface area contributed by atoms with Gasteiger partial charge in [0.15, 0.2) is 11.5 Å². The van der Waals surface area contributed by atoms with E-state index < -0.39 is 0 Å². The number of carbonyl (C=O) groups excluding carboxylic acids is 1. The average molecular weight is 421 g/mol. The van der Waals surface area contributed by atoms with Crippen molar-refractivity contribution in [2.75, 3.05) is 21.3 Å². The molecule has 0 spiro atoms. The molecule has 1 N–H and O–H groups in total. The second-order valence-electron chi connectivity index (χ2n) is 6.81. The average Bonchev–Trinajstić information content (AvgIpc) is 2.82. The molecule has 0 unspecified atom stereocenters. The van der Waals surface area contributed by atoms with E-state index in [1.165, 1.54) is 0 Å². The second-order valence-corrected chi connectivity index (χ2v) is 6.81. The first kappa shape index (κ1) is 22.1. The van der Waals surface area contributed by atoms with Crippen LogP contribution in [-0.4, -0.2) is 37.9 Å². The smallest absolute Gasteiger partial charge is 0.272 e. The number of hydrogen-bond acceptors (Lipinski definition) is 6. The highest BCUT2D eigenvalue weighted by molar-refractivity contribution is 6.07. The maximum atomic E-state index is 13.0. The molecule has 0 saturated heterocycles. The number of carbonyl (C=O) groups is 1. The number of hydrazone groups is 1. The van der Waals surface area contributed by atoms with Gasteiger partial charge in [-0.25, -0.2) is 10.4 Å². The molecule has 1 amide bonds. The number of amides is 1. The molecule has 3 aromatic rings. The quantitative estimate of drug-likeness (QED) is 0.416. The number of nitrogens with one attached hydrogen (secondary N) is 1. The molecule has 31 heavy (non-hydrogen) atoms. The predicted molar refractivity (Wildman–Crippen MR) is 122 cm³/mol. The van der Waals surface area contributed by atoms with E-state index in [-0.39, 0.29) is 5.91 Å². The van der Waals surface area contributed by atoms with E-state index in [1.807, 2.05) is 50.2 Å². The summed E-state index contributed by atoms with van der Waals surface area (Å²) in [6, 6.07) is 12.9. The van der Waals surface area contributed by atoms with E-state index in [4.69, 9.17) is 19.2 Å². The van der Waals surface area contributed by atoms with Crippen LogP contribution in [0.25, 0.3) is 22.2 Å². The van der Waals surface area contributed by atoms with Crippen molar-refractivity contribution in [1.29, 1.82) is 0 Å². The molecule has 0 atom stereocenters. The van der Waals surface area contributed by atoms with Crippen LogP contribution in [0.15, 0.2) is 47.6 Å². The fourth-order valence-corrected chi connectivity index (χ4v) is 3.34. The molecule has 7 heteroatoms. The standard InChI is InChI=1S/C24H27N3O4/c1-6-16(7-2)26-27-24(28)18-14-20(25-19-11-9-8-10-17(18)19)15-12-21(29-3)23(31-5)22(13-15)30-4/h8-14H,6-7H2,1-5H3,(H,27,28). The van der Waals surface area contributed by atoms with Gasteiger partial charge in [-0.05, 0) is 37.1 Å². The predicted octanol–water partition coefficient (Wildman–Crippen LogP) is 4.83. The lowest BCUT2D eigenvalue weighted by atomic mass is 10.0. The van der Waals surface area contributed by atoms with Gasteiger partial charge in [0.05, 0.1) is 38.1 Å². The topological polar surface area (TPSA) is 82.0 Å². The van der Waals surface area contributed by atoms with Gasteiger partial charge in [0, 0.05) is 16.7 Å². The van der Waals surface area contributed by atoms with Crippen molar-refractivity contribution in [2.45, 2.75) is 26.7 Å². The molecule has 0 aliphatic heterocycles. The molecule has 0 aliphatic carbocycles. The second kappa shape index (κ2) is 9.93. The van der Waals surface area contributed by atoms with Gasteiger partial charge in [-0.1, -0.05) is 32.0 Å². The van der Waals surface area contributed by atoms with Crippen LogP contribution in [0.3, 0.4) is 0 Å².